The average molecular weight is 958 g/mol. The minimum absolute atomic E-state index is 0.00886. The number of anilines is 2. The maximum atomic E-state index is 14.8. The fourth-order valence-electron chi connectivity index (χ4n) is 5.54. The van der Waals surface area contributed by atoms with Crippen LogP contribution in [0.2, 0.25) is 0 Å². The van der Waals surface area contributed by atoms with E-state index in [1.165, 1.54) is 57.9 Å². The summed E-state index contributed by atoms with van der Waals surface area (Å²) in [6.07, 6.45) is -5.73. The first-order valence-electron chi connectivity index (χ1n) is 18.2. The number of nitrogens with zero attached hydrogens (tertiary/aromatic N) is 7. The zero-order valence-corrected chi connectivity index (χ0v) is 34.9. The van der Waals surface area contributed by atoms with E-state index in [-0.39, 0.29) is 47.1 Å². The normalized spacial score (nSPS) is 14.0. The van der Waals surface area contributed by atoms with Gasteiger partial charge in [0.15, 0.2) is 0 Å². The summed E-state index contributed by atoms with van der Waals surface area (Å²) in [4.78, 5) is 29.6. The summed E-state index contributed by atoms with van der Waals surface area (Å²) < 4.78 is 98.0. The second-order valence-electron chi connectivity index (χ2n) is 12.7. The van der Waals surface area contributed by atoms with Crippen LogP contribution >= 0.6 is 38.6 Å². The standard InChI is InChI=1S/C19H17F3N4O3S.C10H6BrF3N2O.C9H12N2O2S/c20-14-10-12(17-23-24-18(29-17)16(21)22)3-4-13(14)11-26(15-2-1-9-30-15)19(27)25-5-7-28-8-6-25;11-4-6-2-1-5(3-7(6)12)9-15-16-10(17-9)8(13)14;12-9(10-8-2-1-7-14-8)11-3-5-13-6-4-11/h1-4,9-10,16H,5-8,11H2;1-3,8H,4H2;1-2,7H,3-6H2,(H,10,12). The molecule has 2 fully saturated rings. The number of carbonyl (C=O) groups excluding carboxylic acids is 2. The average Bonchev–Trinajstić information content (AvgIpc) is 4.13. The van der Waals surface area contributed by atoms with Crippen molar-refractivity contribution in [2.45, 2.75) is 24.7 Å². The van der Waals surface area contributed by atoms with Gasteiger partial charge in [0.05, 0.1) is 43.0 Å². The summed E-state index contributed by atoms with van der Waals surface area (Å²) in [5, 5.41) is 21.9. The highest BCUT2D eigenvalue weighted by Crippen LogP contribution is 2.29. The summed E-state index contributed by atoms with van der Waals surface area (Å²) in [6.45, 7) is 4.48. The Morgan fingerprint density at radius 3 is 1.70 bits per heavy atom. The van der Waals surface area contributed by atoms with Gasteiger partial charge in [-0.2, -0.15) is 17.6 Å². The minimum atomic E-state index is -2.90. The van der Waals surface area contributed by atoms with Gasteiger partial charge in [-0.3, -0.25) is 10.2 Å². The van der Waals surface area contributed by atoms with Crippen LogP contribution in [0.4, 0.5) is 45.9 Å². The molecule has 6 heterocycles. The Hall–Kier alpha value is -5.36. The third-order valence-corrected chi connectivity index (χ3v) is 10.9. The van der Waals surface area contributed by atoms with Gasteiger partial charge in [0.1, 0.15) is 11.6 Å². The molecule has 0 atom stereocenters. The van der Waals surface area contributed by atoms with E-state index >= 15 is 0 Å². The molecule has 8 rings (SSSR count). The summed E-state index contributed by atoms with van der Waals surface area (Å²) in [5.41, 5.74) is 1.18. The number of thiophene rings is 2. The maximum absolute atomic E-state index is 14.8. The molecule has 2 aliphatic heterocycles. The van der Waals surface area contributed by atoms with Crippen LogP contribution in [-0.4, -0.2) is 94.9 Å². The van der Waals surface area contributed by atoms with Crippen molar-refractivity contribution >= 4 is 60.7 Å². The third kappa shape index (κ3) is 12.4. The van der Waals surface area contributed by atoms with Gasteiger partial charge in [0.2, 0.25) is 11.8 Å². The molecule has 0 saturated carbocycles. The lowest BCUT2D eigenvalue weighted by Gasteiger charge is -2.32. The Balaban J connectivity index is 0.000000169. The highest BCUT2D eigenvalue weighted by atomic mass is 79.9. The van der Waals surface area contributed by atoms with E-state index in [2.05, 4.69) is 41.6 Å². The van der Waals surface area contributed by atoms with E-state index in [4.69, 9.17) is 18.3 Å². The Morgan fingerprint density at radius 2 is 1.25 bits per heavy atom. The summed E-state index contributed by atoms with van der Waals surface area (Å²) in [5.74, 6) is -2.99. The molecule has 0 bridgehead atoms. The highest BCUT2D eigenvalue weighted by Gasteiger charge is 2.27. The van der Waals surface area contributed by atoms with Crippen molar-refractivity contribution in [3.8, 4) is 22.9 Å². The molecule has 23 heteroatoms. The third-order valence-electron chi connectivity index (χ3n) is 8.66. The van der Waals surface area contributed by atoms with Crippen molar-refractivity contribution in [3.05, 3.63) is 106 Å². The lowest BCUT2D eigenvalue weighted by atomic mass is 10.1. The lowest BCUT2D eigenvalue weighted by Crippen LogP contribution is -2.48. The Labute approximate surface area is 360 Å². The molecular weight excluding hydrogens is 922 g/mol. The largest absolute Gasteiger partial charge is 0.415 e. The molecule has 2 aliphatic rings. The molecule has 6 aromatic rings. The molecule has 0 unspecified atom stereocenters. The van der Waals surface area contributed by atoms with Crippen molar-refractivity contribution in [2.75, 3.05) is 62.8 Å². The molecule has 2 saturated heterocycles. The van der Waals surface area contributed by atoms with Crippen LogP contribution in [0.1, 0.15) is 35.8 Å². The number of alkyl halides is 5. The number of carbonyl (C=O) groups is 2. The van der Waals surface area contributed by atoms with E-state index < -0.39 is 36.3 Å². The first-order chi connectivity index (χ1) is 29.5. The number of ether oxygens (including phenoxy) is 2. The Morgan fingerprint density at radius 1 is 0.721 bits per heavy atom. The van der Waals surface area contributed by atoms with E-state index in [1.54, 1.807) is 15.9 Å². The number of urea groups is 2. The molecule has 4 aromatic heterocycles. The summed E-state index contributed by atoms with van der Waals surface area (Å²) >= 11 is 6.02. The van der Waals surface area contributed by atoms with Gasteiger partial charge in [-0.1, -0.05) is 28.1 Å². The molecule has 14 nitrogen and oxygen atoms in total. The zero-order chi connectivity index (χ0) is 43.3. The number of morpholine rings is 2. The van der Waals surface area contributed by atoms with Gasteiger partial charge in [0.25, 0.3) is 11.8 Å². The SMILES string of the molecule is Fc1cc(-c2nnc(C(F)F)o2)ccc1CBr.O=C(N1CCOCC1)N(Cc1ccc(-c2nnc(C(F)F)o2)cc1F)c1cccs1.O=C(Nc1cccs1)N1CCOCC1. The molecule has 0 radical (unpaired) electrons. The van der Waals surface area contributed by atoms with Crippen molar-refractivity contribution in [1.82, 2.24) is 30.2 Å². The molecule has 0 aliphatic carbocycles. The van der Waals surface area contributed by atoms with Crippen molar-refractivity contribution in [1.29, 1.82) is 0 Å². The quantitative estimate of drug-likeness (QED) is 0.110. The number of rotatable bonds is 9. The molecule has 1 N–H and O–H groups in total. The first kappa shape index (κ1) is 45.2. The fourth-order valence-corrected chi connectivity index (χ4v) is 7.32. The van der Waals surface area contributed by atoms with E-state index in [0.717, 1.165) is 11.1 Å². The molecular formula is C38H35BrF6N8O6S2. The molecule has 324 valence electrons. The maximum Gasteiger partial charge on any atom is 0.325 e. The predicted molar refractivity (Wildman–Crippen MR) is 216 cm³/mol. The van der Waals surface area contributed by atoms with E-state index in [1.807, 2.05) is 29.0 Å². The molecule has 0 spiro atoms. The predicted octanol–water partition coefficient (Wildman–Crippen LogP) is 9.65. The molecule has 61 heavy (non-hydrogen) atoms. The summed E-state index contributed by atoms with van der Waals surface area (Å²) in [7, 11) is 0. The highest BCUT2D eigenvalue weighted by molar-refractivity contribution is 9.08. The van der Waals surface area contributed by atoms with Crippen molar-refractivity contribution in [3.63, 3.8) is 0 Å². The van der Waals surface area contributed by atoms with Gasteiger partial charge in [-0.05, 0) is 64.9 Å². The van der Waals surface area contributed by atoms with Gasteiger partial charge in [-0.15, -0.1) is 43.1 Å². The van der Waals surface area contributed by atoms with Crippen LogP contribution in [0, 0.1) is 11.6 Å². The number of halogens is 7. The smallest absolute Gasteiger partial charge is 0.325 e. The van der Waals surface area contributed by atoms with Gasteiger partial charge in [0, 0.05) is 48.2 Å². The monoisotopic (exact) mass is 956 g/mol. The number of amides is 4. The van der Waals surface area contributed by atoms with Crippen molar-refractivity contribution in [2.24, 2.45) is 0 Å². The van der Waals surface area contributed by atoms with Crippen LogP contribution in [0.3, 0.4) is 0 Å². The molecule has 2 aromatic carbocycles. The second-order valence-corrected chi connectivity index (χ2v) is 15.1. The Bertz CT molecular complexity index is 2310. The Kier molecular flexibility index (Phi) is 16.3. The number of hydrogen-bond donors (Lipinski definition) is 1. The topological polar surface area (TPSA) is 152 Å². The van der Waals surface area contributed by atoms with Gasteiger partial charge in [-0.25, -0.2) is 18.4 Å². The fraction of sp³-hybridized carbons (Fsp3) is 0.316. The van der Waals surface area contributed by atoms with Crippen LogP contribution < -0.4 is 10.2 Å². The van der Waals surface area contributed by atoms with Crippen LogP contribution in [-0.2, 0) is 21.3 Å². The van der Waals surface area contributed by atoms with Crippen LogP contribution in [0.25, 0.3) is 22.9 Å². The zero-order valence-electron chi connectivity index (χ0n) is 31.7. The second kappa shape index (κ2) is 21.9. The number of aromatic nitrogens is 4. The minimum Gasteiger partial charge on any atom is -0.415 e. The summed E-state index contributed by atoms with van der Waals surface area (Å²) in [6, 6.07) is 15.5. The van der Waals surface area contributed by atoms with Gasteiger partial charge < -0.3 is 28.1 Å². The van der Waals surface area contributed by atoms with Crippen LogP contribution in [0.15, 0.2) is 80.3 Å². The van der Waals surface area contributed by atoms with E-state index in [9.17, 15) is 35.9 Å². The van der Waals surface area contributed by atoms with Gasteiger partial charge >= 0.3 is 24.9 Å². The number of nitrogens with one attached hydrogen (secondary N) is 1. The van der Waals surface area contributed by atoms with Crippen molar-refractivity contribution < 1.29 is 54.2 Å². The number of hydrogen-bond acceptors (Lipinski definition) is 12. The van der Waals surface area contributed by atoms with E-state index in [0.29, 0.717) is 68.5 Å². The molecule has 4 amide bonds. The first-order valence-corrected chi connectivity index (χ1v) is 21.1. The van der Waals surface area contributed by atoms with Crippen LogP contribution in [0.5, 0.6) is 0 Å². The lowest BCUT2D eigenvalue weighted by molar-refractivity contribution is 0.0548. The number of benzene rings is 2.